The monoisotopic (exact) mass is 299 g/mol. The lowest BCUT2D eigenvalue weighted by atomic mass is 10.1. The van der Waals surface area contributed by atoms with Crippen molar-refractivity contribution in [3.05, 3.63) is 65.0 Å². The average Bonchev–Trinajstić information content (AvgIpc) is 3.09. The van der Waals surface area contributed by atoms with Crippen LogP contribution in [0.15, 0.2) is 58.1 Å². The number of carbonyl (C=O) groups is 2. The Bertz CT molecular complexity index is 704. The van der Waals surface area contributed by atoms with Crippen molar-refractivity contribution in [1.29, 1.82) is 0 Å². The molecule has 0 saturated carbocycles. The molecule has 1 aromatic carbocycles. The predicted octanol–water partition coefficient (Wildman–Crippen LogP) is 2.92. The summed E-state index contributed by atoms with van der Waals surface area (Å²) in [5.41, 5.74) is 1.24. The largest absolute Gasteiger partial charge is 0.468 e. The van der Waals surface area contributed by atoms with Gasteiger partial charge in [0.05, 0.1) is 22.5 Å². The molecule has 0 saturated heterocycles. The van der Waals surface area contributed by atoms with Crippen molar-refractivity contribution in [3.8, 4) is 0 Å². The zero-order valence-electron chi connectivity index (χ0n) is 11.4. The van der Waals surface area contributed by atoms with Crippen LogP contribution in [0, 0.1) is 0 Å². The van der Waals surface area contributed by atoms with Crippen molar-refractivity contribution in [1.82, 2.24) is 4.90 Å². The van der Waals surface area contributed by atoms with Crippen molar-refractivity contribution < 1.29 is 14.0 Å². The van der Waals surface area contributed by atoms with Gasteiger partial charge in [0.1, 0.15) is 5.76 Å². The lowest BCUT2D eigenvalue weighted by Crippen LogP contribution is -2.26. The third-order valence-corrected chi connectivity index (χ3v) is 4.34. The topological polar surface area (TPSA) is 50.5 Å². The van der Waals surface area contributed by atoms with E-state index in [0.29, 0.717) is 16.2 Å². The summed E-state index contributed by atoms with van der Waals surface area (Å²) in [4.78, 5) is 26.2. The summed E-state index contributed by atoms with van der Waals surface area (Å²) in [7, 11) is 1.51. The van der Waals surface area contributed by atoms with E-state index in [1.807, 2.05) is 36.4 Å². The Morgan fingerprint density at radius 1 is 1.05 bits per heavy atom. The molecule has 2 heterocycles. The maximum absolute atomic E-state index is 12.3. The molecule has 21 heavy (non-hydrogen) atoms. The molecule has 2 amide bonds. The number of benzene rings is 1. The summed E-state index contributed by atoms with van der Waals surface area (Å²) in [5.74, 6) is 0.782. The molecule has 0 bridgehead atoms. The molecule has 0 N–H and O–H groups in total. The molecule has 0 spiro atoms. The van der Waals surface area contributed by atoms with Crippen molar-refractivity contribution in [2.75, 3.05) is 7.05 Å². The summed E-state index contributed by atoms with van der Waals surface area (Å²) in [5, 5.41) is 0. The Hall–Kier alpha value is -2.27. The summed E-state index contributed by atoms with van der Waals surface area (Å²) < 4.78 is 5.27. The van der Waals surface area contributed by atoms with Gasteiger partial charge in [-0.1, -0.05) is 30.3 Å². The second-order valence-electron chi connectivity index (χ2n) is 4.61. The van der Waals surface area contributed by atoms with E-state index in [2.05, 4.69) is 0 Å². The summed E-state index contributed by atoms with van der Waals surface area (Å²) in [6, 6.07) is 12.9. The van der Waals surface area contributed by atoms with Gasteiger partial charge in [0.15, 0.2) is 0 Å². The van der Waals surface area contributed by atoms with E-state index in [1.54, 1.807) is 12.3 Å². The van der Waals surface area contributed by atoms with E-state index in [4.69, 9.17) is 4.42 Å². The molecule has 1 aliphatic heterocycles. The fraction of sp³-hybridized carbons (Fsp3) is 0.125. The van der Waals surface area contributed by atoms with Crippen LogP contribution in [0.4, 0.5) is 0 Å². The molecule has 0 unspecified atom stereocenters. The molecule has 106 valence electrons. The molecule has 2 aromatic rings. The molecule has 0 fully saturated rings. The number of rotatable bonds is 4. The third kappa shape index (κ3) is 2.52. The first kappa shape index (κ1) is 13.7. The molecule has 1 aliphatic rings. The Kier molecular flexibility index (Phi) is 3.66. The molecule has 5 heteroatoms. The van der Waals surface area contributed by atoms with E-state index in [1.165, 1.54) is 18.8 Å². The van der Waals surface area contributed by atoms with Crippen LogP contribution >= 0.6 is 11.8 Å². The third-order valence-electron chi connectivity index (χ3n) is 3.25. The van der Waals surface area contributed by atoms with Crippen LogP contribution in [0.25, 0.3) is 5.57 Å². The smallest absolute Gasteiger partial charge is 0.267 e. The Morgan fingerprint density at radius 2 is 1.81 bits per heavy atom. The fourth-order valence-corrected chi connectivity index (χ4v) is 3.21. The molecular formula is C16H13NO3S. The standard InChI is InChI=1S/C16H13NO3S/c1-17-15(18)13(11-6-3-2-4-7-11)14(16(17)19)21-10-12-8-5-9-20-12/h2-9H,10H2,1H3. The van der Waals surface area contributed by atoms with Gasteiger partial charge in [-0.25, -0.2) is 0 Å². The van der Waals surface area contributed by atoms with Gasteiger partial charge >= 0.3 is 0 Å². The average molecular weight is 299 g/mol. The number of hydrogen-bond acceptors (Lipinski definition) is 4. The number of furan rings is 1. The minimum atomic E-state index is -0.256. The van der Waals surface area contributed by atoms with Gasteiger partial charge in [0.25, 0.3) is 11.8 Å². The Balaban J connectivity index is 1.96. The number of thioether (sulfide) groups is 1. The molecule has 0 atom stereocenters. The normalized spacial score (nSPS) is 15.2. The molecule has 0 radical (unpaired) electrons. The minimum Gasteiger partial charge on any atom is -0.468 e. The number of likely N-dealkylation sites (N-methyl/N-ethyl adjacent to an activating group) is 1. The summed E-state index contributed by atoms with van der Waals surface area (Å²) >= 11 is 1.33. The molecule has 3 rings (SSSR count). The van der Waals surface area contributed by atoms with E-state index >= 15 is 0 Å². The number of nitrogens with zero attached hydrogens (tertiary/aromatic N) is 1. The van der Waals surface area contributed by atoms with Crippen LogP contribution in [0.3, 0.4) is 0 Å². The highest BCUT2D eigenvalue weighted by atomic mass is 32.2. The van der Waals surface area contributed by atoms with Crippen molar-refractivity contribution >= 4 is 29.1 Å². The van der Waals surface area contributed by atoms with Gasteiger partial charge in [-0.3, -0.25) is 14.5 Å². The highest BCUT2D eigenvalue weighted by Gasteiger charge is 2.36. The maximum atomic E-state index is 12.3. The molecule has 1 aromatic heterocycles. The van der Waals surface area contributed by atoms with Crippen LogP contribution in [0.5, 0.6) is 0 Å². The van der Waals surface area contributed by atoms with Gasteiger partial charge in [-0.05, 0) is 17.7 Å². The lowest BCUT2D eigenvalue weighted by Gasteiger charge is -2.06. The van der Waals surface area contributed by atoms with Crippen LogP contribution < -0.4 is 0 Å². The molecular weight excluding hydrogens is 286 g/mol. The van der Waals surface area contributed by atoms with Gasteiger partial charge in [-0.2, -0.15) is 0 Å². The predicted molar refractivity (Wildman–Crippen MR) is 81.1 cm³/mol. The zero-order chi connectivity index (χ0) is 14.8. The summed E-state index contributed by atoms with van der Waals surface area (Å²) in [6.07, 6.45) is 1.59. The fourth-order valence-electron chi connectivity index (χ4n) is 2.15. The second-order valence-corrected chi connectivity index (χ2v) is 5.59. The van der Waals surface area contributed by atoms with Crippen LogP contribution in [-0.4, -0.2) is 23.8 Å². The number of amides is 2. The maximum Gasteiger partial charge on any atom is 0.267 e. The first-order chi connectivity index (χ1) is 10.2. The van der Waals surface area contributed by atoms with Crippen LogP contribution in [-0.2, 0) is 15.3 Å². The lowest BCUT2D eigenvalue weighted by molar-refractivity contribution is -0.134. The van der Waals surface area contributed by atoms with E-state index < -0.39 is 0 Å². The first-order valence-electron chi connectivity index (χ1n) is 6.45. The Morgan fingerprint density at radius 3 is 2.48 bits per heavy atom. The number of carbonyl (C=O) groups excluding carboxylic acids is 2. The minimum absolute atomic E-state index is 0.254. The Labute approximate surface area is 126 Å². The van der Waals surface area contributed by atoms with E-state index in [-0.39, 0.29) is 11.8 Å². The van der Waals surface area contributed by atoms with Gasteiger partial charge < -0.3 is 4.42 Å². The van der Waals surface area contributed by atoms with E-state index in [0.717, 1.165) is 16.2 Å². The van der Waals surface area contributed by atoms with Crippen LogP contribution in [0.1, 0.15) is 11.3 Å². The van der Waals surface area contributed by atoms with Crippen molar-refractivity contribution in [2.45, 2.75) is 5.75 Å². The SMILES string of the molecule is CN1C(=O)C(SCc2ccco2)=C(c2ccccc2)C1=O. The second kappa shape index (κ2) is 5.61. The van der Waals surface area contributed by atoms with Crippen molar-refractivity contribution in [3.63, 3.8) is 0 Å². The van der Waals surface area contributed by atoms with Gasteiger partial charge in [-0.15, -0.1) is 11.8 Å². The van der Waals surface area contributed by atoms with Gasteiger partial charge in [0, 0.05) is 7.05 Å². The number of imide groups is 1. The zero-order valence-corrected chi connectivity index (χ0v) is 12.2. The highest BCUT2D eigenvalue weighted by molar-refractivity contribution is 8.03. The van der Waals surface area contributed by atoms with Crippen LogP contribution in [0.2, 0.25) is 0 Å². The quantitative estimate of drug-likeness (QED) is 0.815. The summed E-state index contributed by atoms with van der Waals surface area (Å²) in [6.45, 7) is 0. The van der Waals surface area contributed by atoms with Crippen molar-refractivity contribution in [2.24, 2.45) is 0 Å². The van der Waals surface area contributed by atoms with Gasteiger partial charge in [0.2, 0.25) is 0 Å². The molecule has 0 aliphatic carbocycles. The van der Waals surface area contributed by atoms with E-state index in [9.17, 15) is 9.59 Å². The first-order valence-corrected chi connectivity index (χ1v) is 7.44. The number of hydrogen-bond donors (Lipinski definition) is 0. The molecule has 4 nitrogen and oxygen atoms in total. The highest BCUT2D eigenvalue weighted by Crippen LogP contribution is 2.36.